The van der Waals surface area contributed by atoms with Gasteiger partial charge in [0, 0.05) is 6.20 Å². The smallest absolute Gasteiger partial charge is 0.224 e. The van der Waals surface area contributed by atoms with Crippen LogP contribution in [0.25, 0.3) is 0 Å². The zero-order chi connectivity index (χ0) is 11.5. The molecule has 0 saturated carbocycles. The standard InChI is InChI=1S/C9H11ClN6/c1-5-7(11)8(16-9(10)15-5)13-3-6-2-12-4-14-6/h2,4H,3,11H2,1H3,(H,12,14)(H,13,15,16). The Morgan fingerprint density at radius 1 is 1.50 bits per heavy atom. The van der Waals surface area contributed by atoms with Gasteiger partial charge in [-0.1, -0.05) is 0 Å². The third kappa shape index (κ3) is 2.22. The van der Waals surface area contributed by atoms with Crippen LogP contribution in [0.4, 0.5) is 11.5 Å². The van der Waals surface area contributed by atoms with Crippen molar-refractivity contribution < 1.29 is 0 Å². The zero-order valence-electron chi connectivity index (χ0n) is 8.66. The van der Waals surface area contributed by atoms with E-state index in [1.165, 1.54) is 0 Å². The summed E-state index contributed by atoms with van der Waals surface area (Å²) in [5, 5.41) is 3.24. The number of aryl methyl sites for hydroxylation is 1. The largest absolute Gasteiger partial charge is 0.394 e. The number of aromatic amines is 1. The van der Waals surface area contributed by atoms with Gasteiger partial charge in [-0.3, -0.25) is 0 Å². The first-order valence-corrected chi connectivity index (χ1v) is 5.05. The highest BCUT2D eigenvalue weighted by atomic mass is 35.5. The summed E-state index contributed by atoms with van der Waals surface area (Å²) < 4.78 is 0. The molecule has 0 aliphatic heterocycles. The molecule has 0 spiro atoms. The van der Waals surface area contributed by atoms with E-state index in [-0.39, 0.29) is 5.28 Å². The van der Waals surface area contributed by atoms with Crippen LogP contribution in [0.2, 0.25) is 5.28 Å². The highest BCUT2D eigenvalue weighted by Gasteiger charge is 2.07. The number of imidazole rings is 1. The molecule has 0 aliphatic carbocycles. The number of rotatable bonds is 3. The topological polar surface area (TPSA) is 92.5 Å². The predicted octanol–water partition coefficient (Wildman–Crippen LogP) is 1.36. The number of anilines is 2. The Kier molecular flexibility index (Phi) is 2.91. The Balaban J connectivity index is 2.15. The second-order valence-corrected chi connectivity index (χ2v) is 3.61. The number of hydrogen-bond acceptors (Lipinski definition) is 5. The van der Waals surface area contributed by atoms with E-state index in [1.807, 2.05) is 0 Å². The number of nitrogen functional groups attached to an aromatic ring is 1. The summed E-state index contributed by atoms with van der Waals surface area (Å²) in [6.07, 6.45) is 3.33. The molecule has 0 unspecified atom stereocenters. The Bertz CT molecular complexity index is 481. The summed E-state index contributed by atoms with van der Waals surface area (Å²) in [6.45, 7) is 2.33. The molecule has 2 aromatic rings. The first kappa shape index (κ1) is 10.7. The minimum Gasteiger partial charge on any atom is -0.394 e. The molecule has 0 aliphatic rings. The predicted molar refractivity (Wildman–Crippen MR) is 62.1 cm³/mol. The minimum absolute atomic E-state index is 0.179. The average Bonchev–Trinajstić information content (AvgIpc) is 2.74. The van der Waals surface area contributed by atoms with Crippen molar-refractivity contribution in [1.29, 1.82) is 0 Å². The SMILES string of the molecule is Cc1nc(Cl)nc(NCc2cnc[nH]2)c1N. The summed E-state index contributed by atoms with van der Waals surface area (Å²) in [5.41, 5.74) is 7.92. The van der Waals surface area contributed by atoms with Crippen LogP contribution >= 0.6 is 11.6 Å². The van der Waals surface area contributed by atoms with Gasteiger partial charge >= 0.3 is 0 Å². The Morgan fingerprint density at radius 2 is 2.31 bits per heavy atom. The highest BCUT2D eigenvalue weighted by Crippen LogP contribution is 2.20. The van der Waals surface area contributed by atoms with Gasteiger partial charge in [-0.25, -0.2) is 9.97 Å². The molecule has 0 amide bonds. The fraction of sp³-hybridized carbons (Fsp3) is 0.222. The first-order valence-electron chi connectivity index (χ1n) is 4.67. The van der Waals surface area contributed by atoms with Gasteiger partial charge in [0.15, 0.2) is 5.82 Å². The average molecular weight is 239 g/mol. The molecule has 16 heavy (non-hydrogen) atoms. The van der Waals surface area contributed by atoms with Crippen LogP contribution in [0.3, 0.4) is 0 Å². The van der Waals surface area contributed by atoms with E-state index in [9.17, 15) is 0 Å². The lowest BCUT2D eigenvalue weighted by Gasteiger charge is -2.08. The maximum atomic E-state index is 5.82. The molecule has 2 aromatic heterocycles. The number of nitrogens with one attached hydrogen (secondary N) is 2. The van der Waals surface area contributed by atoms with Crippen LogP contribution in [0.15, 0.2) is 12.5 Å². The van der Waals surface area contributed by atoms with E-state index in [1.54, 1.807) is 19.4 Å². The lowest BCUT2D eigenvalue weighted by molar-refractivity contribution is 1.03. The second-order valence-electron chi connectivity index (χ2n) is 3.27. The number of hydrogen-bond donors (Lipinski definition) is 3. The van der Waals surface area contributed by atoms with E-state index >= 15 is 0 Å². The van der Waals surface area contributed by atoms with Crippen molar-refractivity contribution in [3.63, 3.8) is 0 Å². The lowest BCUT2D eigenvalue weighted by atomic mass is 10.3. The Morgan fingerprint density at radius 3 is 3.00 bits per heavy atom. The van der Waals surface area contributed by atoms with Crippen molar-refractivity contribution in [2.45, 2.75) is 13.5 Å². The molecule has 0 bridgehead atoms. The van der Waals surface area contributed by atoms with Gasteiger partial charge in [-0.2, -0.15) is 4.98 Å². The maximum absolute atomic E-state index is 5.82. The summed E-state index contributed by atoms with van der Waals surface area (Å²) in [4.78, 5) is 14.8. The normalized spacial score (nSPS) is 10.4. The number of aromatic nitrogens is 4. The number of nitrogens with two attached hydrogens (primary N) is 1. The zero-order valence-corrected chi connectivity index (χ0v) is 9.41. The van der Waals surface area contributed by atoms with E-state index in [0.29, 0.717) is 23.7 Å². The van der Waals surface area contributed by atoms with Crippen molar-refractivity contribution in [2.75, 3.05) is 11.1 Å². The second kappa shape index (κ2) is 4.36. The van der Waals surface area contributed by atoms with Gasteiger partial charge in [-0.15, -0.1) is 0 Å². The number of nitrogens with zero attached hydrogens (tertiary/aromatic N) is 3. The van der Waals surface area contributed by atoms with E-state index < -0.39 is 0 Å². The lowest BCUT2D eigenvalue weighted by Crippen LogP contribution is -2.07. The highest BCUT2D eigenvalue weighted by molar-refractivity contribution is 6.28. The summed E-state index contributed by atoms with van der Waals surface area (Å²) >= 11 is 5.74. The quantitative estimate of drug-likeness (QED) is 0.702. The van der Waals surface area contributed by atoms with Crippen LogP contribution in [-0.4, -0.2) is 19.9 Å². The molecule has 6 nitrogen and oxygen atoms in total. The first-order chi connectivity index (χ1) is 7.66. The van der Waals surface area contributed by atoms with Crippen molar-refractivity contribution in [2.24, 2.45) is 0 Å². The van der Waals surface area contributed by atoms with Gasteiger partial charge in [0.25, 0.3) is 0 Å². The molecular weight excluding hydrogens is 228 g/mol. The molecule has 2 rings (SSSR count). The van der Waals surface area contributed by atoms with Crippen molar-refractivity contribution in [3.05, 3.63) is 29.2 Å². The number of H-pyrrole nitrogens is 1. The molecule has 7 heteroatoms. The van der Waals surface area contributed by atoms with Crippen LogP contribution < -0.4 is 11.1 Å². The Labute approximate surface area is 97.3 Å². The van der Waals surface area contributed by atoms with Crippen molar-refractivity contribution >= 4 is 23.1 Å². The molecule has 0 saturated heterocycles. The summed E-state index contributed by atoms with van der Waals surface area (Å²) in [7, 11) is 0. The third-order valence-electron chi connectivity index (χ3n) is 2.11. The maximum Gasteiger partial charge on any atom is 0.224 e. The van der Waals surface area contributed by atoms with Gasteiger partial charge in [0.2, 0.25) is 5.28 Å². The van der Waals surface area contributed by atoms with Gasteiger partial charge in [0.1, 0.15) is 0 Å². The molecule has 2 heterocycles. The fourth-order valence-electron chi connectivity index (χ4n) is 1.24. The van der Waals surface area contributed by atoms with E-state index in [2.05, 4.69) is 25.3 Å². The van der Waals surface area contributed by atoms with Crippen LogP contribution in [0, 0.1) is 6.92 Å². The van der Waals surface area contributed by atoms with Gasteiger partial charge < -0.3 is 16.0 Å². The van der Waals surface area contributed by atoms with Crippen molar-refractivity contribution in [1.82, 2.24) is 19.9 Å². The molecular formula is C9H11ClN6. The minimum atomic E-state index is 0.179. The Hall–Kier alpha value is -1.82. The molecule has 0 fully saturated rings. The van der Waals surface area contributed by atoms with Crippen molar-refractivity contribution in [3.8, 4) is 0 Å². The molecule has 84 valence electrons. The van der Waals surface area contributed by atoms with Gasteiger partial charge in [-0.05, 0) is 18.5 Å². The van der Waals surface area contributed by atoms with Crippen LogP contribution in [-0.2, 0) is 6.54 Å². The van der Waals surface area contributed by atoms with Crippen LogP contribution in [0.5, 0.6) is 0 Å². The fourth-order valence-corrected chi connectivity index (χ4v) is 1.45. The molecule has 0 radical (unpaired) electrons. The van der Waals surface area contributed by atoms with E-state index in [4.69, 9.17) is 17.3 Å². The number of halogens is 1. The summed E-state index contributed by atoms with van der Waals surface area (Å²) in [6, 6.07) is 0. The monoisotopic (exact) mass is 238 g/mol. The summed E-state index contributed by atoms with van der Waals surface area (Å²) in [5.74, 6) is 0.534. The molecule has 4 N–H and O–H groups in total. The molecule has 0 atom stereocenters. The molecule has 0 aromatic carbocycles. The van der Waals surface area contributed by atoms with Gasteiger partial charge in [0.05, 0.1) is 29.9 Å². The third-order valence-corrected chi connectivity index (χ3v) is 2.28. The van der Waals surface area contributed by atoms with Crippen LogP contribution in [0.1, 0.15) is 11.4 Å². The van der Waals surface area contributed by atoms with E-state index in [0.717, 1.165) is 5.69 Å².